The number of ether oxygens (including phenoxy) is 1. The van der Waals surface area contributed by atoms with Gasteiger partial charge in [-0.2, -0.15) is 5.10 Å². The lowest BCUT2D eigenvalue weighted by Gasteiger charge is -2.29. The van der Waals surface area contributed by atoms with Gasteiger partial charge in [0, 0.05) is 35.3 Å². The Kier molecular flexibility index (Phi) is 5.89. The average Bonchev–Trinajstić information content (AvgIpc) is 3.41. The molecule has 2 N–H and O–H groups in total. The highest BCUT2D eigenvalue weighted by molar-refractivity contribution is 7.19. The number of fused-ring (bicyclic) bond motifs is 4. The third kappa shape index (κ3) is 4.09. The molecule has 0 radical (unpaired) electrons. The predicted octanol–water partition coefficient (Wildman–Crippen LogP) is 5.07. The Morgan fingerprint density at radius 1 is 1.26 bits per heavy atom. The number of thiophene rings is 1. The molecule has 1 amide bonds. The van der Waals surface area contributed by atoms with Crippen LogP contribution in [-0.4, -0.2) is 50.2 Å². The summed E-state index contributed by atoms with van der Waals surface area (Å²) in [5.41, 5.74) is 3.02. The number of aromatic nitrogens is 4. The first kappa shape index (κ1) is 22.6. The number of benzene rings is 1. The number of aryl methyl sites for hydroxylation is 1. The number of hydrogen-bond acceptors (Lipinski definition) is 7. The van der Waals surface area contributed by atoms with Gasteiger partial charge in [0.25, 0.3) is 0 Å². The van der Waals surface area contributed by atoms with Crippen LogP contribution in [0.4, 0.5) is 11.5 Å². The standard InChI is InChI=1S/C25H30N6O2S/c1-13(2)31(5)25(32)15-6-7-17-21(9-15)34-24-22(17)23(26-12-27-24)29-19-8-16-11-28-30-18(16)10-20(19)33-14(3)4/h8,10-15H,6-7,9H2,1-5H3,(H,28,30)(H,26,27,29). The maximum Gasteiger partial charge on any atom is 0.226 e. The van der Waals surface area contributed by atoms with Crippen LogP contribution in [0.15, 0.2) is 24.7 Å². The number of aromatic amines is 1. The van der Waals surface area contributed by atoms with E-state index in [0.29, 0.717) is 0 Å². The molecular weight excluding hydrogens is 448 g/mol. The summed E-state index contributed by atoms with van der Waals surface area (Å²) in [5, 5.41) is 12.7. The fourth-order valence-electron chi connectivity index (χ4n) is 4.51. The number of amides is 1. The summed E-state index contributed by atoms with van der Waals surface area (Å²) in [6.45, 7) is 8.12. The molecule has 178 valence electrons. The van der Waals surface area contributed by atoms with E-state index in [9.17, 15) is 4.79 Å². The van der Waals surface area contributed by atoms with Crippen LogP contribution in [0.1, 0.15) is 44.6 Å². The Morgan fingerprint density at radius 3 is 2.85 bits per heavy atom. The van der Waals surface area contributed by atoms with Crippen LogP contribution in [0.25, 0.3) is 21.1 Å². The summed E-state index contributed by atoms with van der Waals surface area (Å²) in [5.74, 6) is 1.76. The van der Waals surface area contributed by atoms with Crippen molar-refractivity contribution in [3.63, 3.8) is 0 Å². The van der Waals surface area contributed by atoms with E-state index in [-0.39, 0.29) is 24.0 Å². The van der Waals surface area contributed by atoms with Crippen LogP contribution >= 0.6 is 11.3 Å². The topological polar surface area (TPSA) is 96.0 Å². The van der Waals surface area contributed by atoms with Crippen molar-refractivity contribution >= 4 is 49.9 Å². The highest BCUT2D eigenvalue weighted by atomic mass is 32.1. The van der Waals surface area contributed by atoms with Crippen LogP contribution in [-0.2, 0) is 17.6 Å². The van der Waals surface area contributed by atoms with Gasteiger partial charge in [0.15, 0.2) is 0 Å². The van der Waals surface area contributed by atoms with Gasteiger partial charge in [0.05, 0.1) is 28.9 Å². The van der Waals surface area contributed by atoms with Crippen LogP contribution in [0.3, 0.4) is 0 Å². The number of anilines is 2. The SMILES string of the molecule is CC(C)Oc1cc2[nH]ncc2cc1Nc1ncnc2sc3c(c12)CCC(C(=O)N(C)C(C)C)C3. The maximum absolute atomic E-state index is 13.0. The molecular formula is C25H30N6O2S. The molecule has 0 spiro atoms. The molecule has 1 unspecified atom stereocenters. The summed E-state index contributed by atoms with van der Waals surface area (Å²) >= 11 is 1.68. The first-order chi connectivity index (χ1) is 16.3. The third-order valence-electron chi connectivity index (χ3n) is 6.47. The summed E-state index contributed by atoms with van der Waals surface area (Å²) in [6, 6.07) is 4.20. The Balaban J connectivity index is 1.51. The van der Waals surface area contributed by atoms with E-state index in [1.807, 2.05) is 37.9 Å². The minimum Gasteiger partial charge on any atom is -0.489 e. The molecule has 3 heterocycles. The van der Waals surface area contributed by atoms with Gasteiger partial charge in [-0.25, -0.2) is 9.97 Å². The minimum absolute atomic E-state index is 0.0203. The van der Waals surface area contributed by atoms with E-state index in [2.05, 4.69) is 39.3 Å². The van der Waals surface area contributed by atoms with Crippen molar-refractivity contribution in [1.29, 1.82) is 0 Å². The molecule has 9 heteroatoms. The van der Waals surface area contributed by atoms with E-state index in [1.54, 1.807) is 23.9 Å². The molecule has 1 atom stereocenters. The van der Waals surface area contributed by atoms with Gasteiger partial charge >= 0.3 is 0 Å². The minimum atomic E-state index is 0.0203. The van der Waals surface area contributed by atoms with Gasteiger partial charge in [-0.15, -0.1) is 11.3 Å². The lowest BCUT2D eigenvalue weighted by molar-refractivity contribution is -0.136. The normalized spacial score (nSPS) is 15.8. The smallest absolute Gasteiger partial charge is 0.226 e. The molecule has 4 aromatic rings. The zero-order valence-electron chi connectivity index (χ0n) is 20.2. The largest absolute Gasteiger partial charge is 0.489 e. The molecule has 0 saturated carbocycles. The molecule has 3 aromatic heterocycles. The van der Waals surface area contributed by atoms with E-state index in [4.69, 9.17) is 4.74 Å². The summed E-state index contributed by atoms with van der Waals surface area (Å²) < 4.78 is 6.09. The molecule has 0 saturated heterocycles. The Hall–Kier alpha value is -3.20. The van der Waals surface area contributed by atoms with Crippen molar-refractivity contribution in [2.75, 3.05) is 12.4 Å². The highest BCUT2D eigenvalue weighted by Crippen LogP contribution is 2.42. The van der Waals surface area contributed by atoms with Crippen LogP contribution in [0.5, 0.6) is 5.75 Å². The predicted molar refractivity (Wildman–Crippen MR) is 136 cm³/mol. The molecule has 0 aliphatic heterocycles. The highest BCUT2D eigenvalue weighted by Gasteiger charge is 2.31. The molecule has 1 aromatic carbocycles. The lowest BCUT2D eigenvalue weighted by Crippen LogP contribution is -2.39. The summed E-state index contributed by atoms with van der Waals surface area (Å²) in [4.78, 5) is 26.2. The van der Waals surface area contributed by atoms with E-state index in [1.165, 1.54) is 10.4 Å². The molecule has 8 nitrogen and oxygen atoms in total. The Bertz CT molecular complexity index is 1360. The lowest BCUT2D eigenvalue weighted by atomic mass is 9.86. The Morgan fingerprint density at radius 2 is 2.09 bits per heavy atom. The molecule has 0 fully saturated rings. The van der Waals surface area contributed by atoms with Crippen molar-refractivity contribution in [3.05, 3.63) is 35.1 Å². The second kappa shape index (κ2) is 8.87. The number of carbonyl (C=O) groups excluding carboxylic acids is 1. The third-order valence-corrected chi connectivity index (χ3v) is 7.64. The van der Waals surface area contributed by atoms with Gasteiger partial charge in [0.2, 0.25) is 5.91 Å². The van der Waals surface area contributed by atoms with Gasteiger partial charge in [0.1, 0.15) is 22.7 Å². The first-order valence-electron chi connectivity index (χ1n) is 11.7. The number of hydrogen-bond donors (Lipinski definition) is 2. The van der Waals surface area contributed by atoms with Crippen molar-refractivity contribution in [1.82, 2.24) is 25.1 Å². The number of nitrogens with zero attached hydrogens (tertiary/aromatic N) is 4. The molecule has 5 rings (SSSR count). The van der Waals surface area contributed by atoms with Crippen LogP contribution < -0.4 is 10.1 Å². The number of nitrogens with one attached hydrogen (secondary N) is 2. The summed E-state index contributed by atoms with van der Waals surface area (Å²) in [6.07, 6.45) is 5.86. The van der Waals surface area contributed by atoms with Crippen molar-refractivity contribution in [3.8, 4) is 5.75 Å². The zero-order chi connectivity index (χ0) is 24.0. The van der Waals surface area contributed by atoms with Crippen molar-refractivity contribution in [2.45, 2.75) is 59.1 Å². The van der Waals surface area contributed by atoms with E-state index >= 15 is 0 Å². The van der Waals surface area contributed by atoms with Gasteiger partial charge in [-0.3, -0.25) is 9.89 Å². The zero-order valence-corrected chi connectivity index (χ0v) is 21.0. The molecule has 34 heavy (non-hydrogen) atoms. The fraction of sp³-hybridized carbons (Fsp3) is 0.440. The monoisotopic (exact) mass is 478 g/mol. The van der Waals surface area contributed by atoms with Gasteiger partial charge < -0.3 is 15.0 Å². The van der Waals surface area contributed by atoms with E-state index in [0.717, 1.165) is 57.6 Å². The quantitative estimate of drug-likeness (QED) is 0.402. The molecule has 0 bridgehead atoms. The van der Waals surface area contributed by atoms with Crippen molar-refractivity contribution in [2.24, 2.45) is 5.92 Å². The second-order valence-electron chi connectivity index (χ2n) is 9.49. The fourth-order valence-corrected chi connectivity index (χ4v) is 5.77. The maximum atomic E-state index is 13.0. The average molecular weight is 479 g/mol. The van der Waals surface area contributed by atoms with Crippen LogP contribution in [0, 0.1) is 5.92 Å². The molecule has 1 aliphatic carbocycles. The van der Waals surface area contributed by atoms with Crippen molar-refractivity contribution < 1.29 is 9.53 Å². The first-order valence-corrected chi connectivity index (χ1v) is 12.6. The Labute approximate surface area is 202 Å². The van der Waals surface area contributed by atoms with Gasteiger partial charge in [-0.05, 0) is 58.6 Å². The van der Waals surface area contributed by atoms with E-state index < -0.39 is 0 Å². The number of rotatable bonds is 6. The number of H-pyrrole nitrogens is 1. The second-order valence-corrected chi connectivity index (χ2v) is 10.6. The van der Waals surface area contributed by atoms with Gasteiger partial charge in [-0.1, -0.05) is 0 Å². The van der Waals surface area contributed by atoms with Crippen LogP contribution in [0.2, 0.25) is 0 Å². The number of carbonyl (C=O) groups is 1. The summed E-state index contributed by atoms with van der Waals surface area (Å²) in [7, 11) is 1.90. The molecule has 1 aliphatic rings.